The third kappa shape index (κ3) is 2.38. The highest BCUT2D eigenvalue weighted by Gasteiger charge is 2.51. The number of hydrogen-bond acceptors (Lipinski definition) is 1. The maximum atomic E-state index is 3.60. The zero-order chi connectivity index (χ0) is 11.6. The second kappa shape index (κ2) is 4.86. The molecule has 0 aromatic carbocycles. The highest BCUT2D eigenvalue weighted by molar-refractivity contribution is 5.01. The summed E-state index contributed by atoms with van der Waals surface area (Å²) in [6.45, 7) is 15.3. The normalized spacial score (nSPS) is 36.0. The van der Waals surface area contributed by atoms with Crippen LogP contribution in [0.3, 0.4) is 0 Å². The van der Waals surface area contributed by atoms with Crippen LogP contribution in [0, 0.1) is 23.2 Å². The minimum atomic E-state index is 0.580. The van der Waals surface area contributed by atoms with Crippen molar-refractivity contribution in [2.45, 2.75) is 60.4 Å². The lowest BCUT2D eigenvalue weighted by Gasteiger charge is -2.57. The molecule has 1 aliphatic carbocycles. The van der Waals surface area contributed by atoms with Crippen LogP contribution < -0.4 is 5.32 Å². The summed E-state index contributed by atoms with van der Waals surface area (Å²) in [5, 5.41) is 3.60. The molecule has 0 saturated heterocycles. The van der Waals surface area contributed by atoms with E-state index in [2.05, 4.69) is 46.9 Å². The minimum absolute atomic E-state index is 0.580. The van der Waals surface area contributed by atoms with Crippen molar-refractivity contribution in [1.82, 2.24) is 5.32 Å². The molecule has 3 unspecified atom stereocenters. The van der Waals surface area contributed by atoms with Crippen LogP contribution in [-0.4, -0.2) is 12.6 Å². The Morgan fingerprint density at radius 3 is 2.20 bits per heavy atom. The van der Waals surface area contributed by atoms with E-state index < -0.39 is 0 Å². The first kappa shape index (κ1) is 13.0. The van der Waals surface area contributed by atoms with E-state index in [1.165, 1.54) is 19.4 Å². The highest BCUT2D eigenvalue weighted by atomic mass is 14.9. The first-order chi connectivity index (χ1) is 6.92. The van der Waals surface area contributed by atoms with E-state index in [0.29, 0.717) is 11.5 Å². The summed E-state index contributed by atoms with van der Waals surface area (Å²) in [7, 11) is 0. The van der Waals surface area contributed by atoms with Gasteiger partial charge in [0.1, 0.15) is 0 Å². The molecular weight excluding hydrogens is 182 g/mol. The predicted octanol–water partition coefficient (Wildman–Crippen LogP) is 3.69. The molecular formula is C14H29N. The van der Waals surface area contributed by atoms with Crippen molar-refractivity contribution in [2.24, 2.45) is 23.2 Å². The van der Waals surface area contributed by atoms with Crippen LogP contribution in [0.25, 0.3) is 0 Å². The topological polar surface area (TPSA) is 12.0 Å². The predicted molar refractivity (Wildman–Crippen MR) is 68.0 cm³/mol. The van der Waals surface area contributed by atoms with Crippen molar-refractivity contribution in [3.63, 3.8) is 0 Å². The van der Waals surface area contributed by atoms with Crippen LogP contribution in [0.2, 0.25) is 0 Å². The zero-order valence-electron chi connectivity index (χ0n) is 11.4. The van der Waals surface area contributed by atoms with Gasteiger partial charge in [0.25, 0.3) is 0 Å². The smallest absolute Gasteiger partial charge is 0.00104 e. The molecule has 90 valence electrons. The molecule has 3 atom stereocenters. The Kier molecular flexibility index (Phi) is 4.22. The molecule has 0 bridgehead atoms. The fraction of sp³-hybridized carbons (Fsp3) is 1.00. The molecule has 1 saturated carbocycles. The van der Waals surface area contributed by atoms with Gasteiger partial charge < -0.3 is 5.32 Å². The van der Waals surface area contributed by atoms with Gasteiger partial charge in [-0.1, -0.05) is 48.0 Å². The Bertz CT molecular complexity index is 198. The monoisotopic (exact) mass is 211 g/mol. The Labute approximate surface area is 96.0 Å². The average Bonchev–Trinajstić information content (AvgIpc) is 2.14. The molecule has 0 spiro atoms. The Hall–Kier alpha value is -0.0400. The SMILES string of the molecule is CCC1CC(CNC(C)C)C1(C)C(C)C. The standard InChI is InChI=1S/C14H29N/c1-7-12-8-13(9-15-11(4)5)14(12,6)10(2)3/h10-13,15H,7-9H2,1-6H3. The van der Waals surface area contributed by atoms with Crippen molar-refractivity contribution in [3.8, 4) is 0 Å². The van der Waals surface area contributed by atoms with Crippen LogP contribution in [0.5, 0.6) is 0 Å². The molecule has 1 N–H and O–H groups in total. The number of nitrogens with one attached hydrogen (secondary N) is 1. The van der Waals surface area contributed by atoms with Crippen LogP contribution in [-0.2, 0) is 0 Å². The van der Waals surface area contributed by atoms with Gasteiger partial charge in [-0.25, -0.2) is 0 Å². The largest absolute Gasteiger partial charge is 0.314 e. The molecule has 1 aliphatic rings. The van der Waals surface area contributed by atoms with E-state index in [9.17, 15) is 0 Å². The lowest BCUT2D eigenvalue weighted by molar-refractivity contribution is -0.0783. The van der Waals surface area contributed by atoms with Gasteiger partial charge in [-0.15, -0.1) is 0 Å². The second-order valence-corrected chi connectivity index (χ2v) is 6.12. The van der Waals surface area contributed by atoms with E-state index in [-0.39, 0.29) is 0 Å². The van der Waals surface area contributed by atoms with Crippen LogP contribution in [0.4, 0.5) is 0 Å². The van der Waals surface area contributed by atoms with E-state index in [1.54, 1.807) is 0 Å². The molecule has 1 nitrogen and oxygen atoms in total. The third-order valence-electron chi connectivity index (χ3n) is 4.84. The zero-order valence-corrected chi connectivity index (χ0v) is 11.4. The lowest BCUT2D eigenvalue weighted by Crippen LogP contribution is -2.54. The summed E-state index contributed by atoms with van der Waals surface area (Å²) >= 11 is 0. The molecule has 0 aromatic rings. The molecule has 0 aromatic heterocycles. The quantitative estimate of drug-likeness (QED) is 0.731. The fourth-order valence-corrected chi connectivity index (χ4v) is 3.25. The Balaban J connectivity index is 2.54. The summed E-state index contributed by atoms with van der Waals surface area (Å²) in [6, 6.07) is 0.627. The molecule has 0 aliphatic heterocycles. The number of hydrogen-bond donors (Lipinski definition) is 1. The average molecular weight is 211 g/mol. The van der Waals surface area contributed by atoms with Crippen molar-refractivity contribution >= 4 is 0 Å². The summed E-state index contributed by atoms with van der Waals surface area (Å²) in [5.74, 6) is 2.66. The molecule has 0 radical (unpaired) electrons. The Morgan fingerprint density at radius 2 is 1.80 bits per heavy atom. The van der Waals surface area contributed by atoms with E-state index >= 15 is 0 Å². The summed E-state index contributed by atoms with van der Waals surface area (Å²) < 4.78 is 0. The third-order valence-corrected chi connectivity index (χ3v) is 4.84. The summed E-state index contributed by atoms with van der Waals surface area (Å²) in [6.07, 6.45) is 2.79. The molecule has 15 heavy (non-hydrogen) atoms. The van der Waals surface area contributed by atoms with Gasteiger partial charge in [0, 0.05) is 6.04 Å². The second-order valence-electron chi connectivity index (χ2n) is 6.12. The van der Waals surface area contributed by atoms with E-state index in [0.717, 1.165) is 17.8 Å². The van der Waals surface area contributed by atoms with Crippen molar-refractivity contribution in [3.05, 3.63) is 0 Å². The first-order valence-electron chi connectivity index (χ1n) is 6.66. The fourth-order valence-electron chi connectivity index (χ4n) is 3.25. The van der Waals surface area contributed by atoms with Gasteiger partial charge in [-0.2, -0.15) is 0 Å². The van der Waals surface area contributed by atoms with Gasteiger partial charge >= 0.3 is 0 Å². The lowest BCUT2D eigenvalue weighted by atomic mass is 9.48. The maximum absolute atomic E-state index is 3.60. The van der Waals surface area contributed by atoms with Crippen molar-refractivity contribution < 1.29 is 0 Å². The van der Waals surface area contributed by atoms with Gasteiger partial charge in [0.15, 0.2) is 0 Å². The molecule has 0 heterocycles. The van der Waals surface area contributed by atoms with Crippen LogP contribution >= 0.6 is 0 Å². The summed E-state index contributed by atoms with van der Waals surface area (Å²) in [4.78, 5) is 0. The van der Waals surface area contributed by atoms with Gasteiger partial charge in [0.05, 0.1) is 0 Å². The van der Waals surface area contributed by atoms with Crippen LogP contribution in [0.1, 0.15) is 54.4 Å². The molecule has 1 heteroatoms. The molecule has 1 fully saturated rings. The van der Waals surface area contributed by atoms with Gasteiger partial charge in [-0.05, 0) is 36.1 Å². The Morgan fingerprint density at radius 1 is 1.20 bits per heavy atom. The van der Waals surface area contributed by atoms with Crippen molar-refractivity contribution in [1.29, 1.82) is 0 Å². The van der Waals surface area contributed by atoms with Crippen molar-refractivity contribution in [2.75, 3.05) is 6.54 Å². The van der Waals surface area contributed by atoms with Crippen LogP contribution in [0.15, 0.2) is 0 Å². The summed E-state index contributed by atoms with van der Waals surface area (Å²) in [5.41, 5.74) is 0.580. The number of rotatable bonds is 5. The molecule has 0 amide bonds. The van der Waals surface area contributed by atoms with Gasteiger partial charge in [-0.3, -0.25) is 0 Å². The van der Waals surface area contributed by atoms with E-state index in [4.69, 9.17) is 0 Å². The first-order valence-corrected chi connectivity index (χ1v) is 6.66. The highest BCUT2D eigenvalue weighted by Crippen LogP contribution is 2.57. The van der Waals surface area contributed by atoms with E-state index in [1.807, 2.05) is 0 Å². The van der Waals surface area contributed by atoms with Gasteiger partial charge in [0.2, 0.25) is 0 Å². The minimum Gasteiger partial charge on any atom is -0.314 e. The molecule has 1 rings (SSSR count). The maximum Gasteiger partial charge on any atom is 0.00104 e.